The number of carbonyl (C=O) groups is 1. The fourth-order valence-corrected chi connectivity index (χ4v) is 2.50. The van der Waals surface area contributed by atoms with E-state index in [1.165, 1.54) is 10.5 Å². The van der Waals surface area contributed by atoms with E-state index >= 15 is 0 Å². The van der Waals surface area contributed by atoms with Crippen molar-refractivity contribution in [1.82, 2.24) is 4.90 Å². The number of aliphatic hydroxyl groups is 1. The number of rotatable bonds is 1. The van der Waals surface area contributed by atoms with Crippen LogP contribution in [0.4, 0.5) is 4.79 Å². The molecule has 0 spiro atoms. The number of benzene rings is 1. The largest absolute Gasteiger partial charge is 0.465 e. The van der Waals surface area contributed by atoms with Crippen molar-refractivity contribution >= 4 is 6.09 Å². The van der Waals surface area contributed by atoms with Gasteiger partial charge >= 0.3 is 6.09 Å². The molecular weight excluding hydrogens is 218 g/mol. The Kier molecular flexibility index (Phi) is 2.83. The molecule has 1 aromatic rings. The summed E-state index contributed by atoms with van der Waals surface area (Å²) in [6, 6.07) is 5.79. The lowest BCUT2D eigenvalue weighted by molar-refractivity contribution is 0.0851. The highest BCUT2D eigenvalue weighted by atomic mass is 16.4. The summed E-state index contributed by atoms with van der Waals surface area (Å²) in [5, 5.41) is 18.4. The van der Waals surface area contributed by atoms with E-state index in [1.807, 2.05) is 32.0 Å². The SMILES string of the molecule is CC1(C)c2cc(CO)ccc2CCN1C(=O)O. The van der Waals surface area contributed by atoms with E-state index in [0.717, 1.165) is 17.5 Å². The molecule has 2 rings (SSSR count). The molecule has 0 atom stereocenters. The zero-order chi connectivity index (χ0) is 12.6. The second-order valence-electron chi connectivity index (χ2n) is 4.89. The number of fused-ring (bicyclic) bond motifs is 1. The molecule has 0 radical (unpaired) electrons. The maximum Gasteiger partial charge on any atom is 0.408 e. The van der Waals surface area contributed by atoms with E-state index < -0.39 is 11.6 Å². The molecule has 1 aromatic carbocycles. The summed E-state index contributed by atoms with van der Waals surface area (Å²) in [6.45, 7) is 4.31. The number of hydrogen-bond acceptors (Lipinski definition) is 2. The first-order valence-corrected chi connectivity index (χ1v) is 5.70. The summed E-state index contributed by atoms with van der Waals surface area (Å²) in [6.07, 6.45) is -0.161. The van der Waals surface area contributed by atoms with Gasteiger partial charge in [-0.05, 0) is 37.0 Å². The summed E-state index contributed by atoms with van der Waals surface area (Å²) in [5.41, 5.74) is 2.45. The maximum atomic E-state index is 11.2. The number of nitrogens with zero attached hydrogens (tertiary/aromatic N) is 1. The second kappa shape index (κ2) is 4.04. The standard InChI is InChI=1S/C13H17NO3/c1-13(2)11-7-9(8-15)3-4-10(11)5-6-14(13)12(16)17/h3-4,7,15H,5-6,8H2,1-2H3,(H,16,17). The second-order valence-corrected chi connectivity index (χ2v) is 4.89. The molecule has 0 aromatic heterocycles. The van der Waals surface area contributed by atoms with Crippen molar-refractivity contribution < 1.29 is 15.0 Å². The van der Waals surface area contributed by atoms with Crippen LogP contribution >= 0.6 is 0 Å². The van der Waals surface area contributed by atoms with Gasteiger partial charge in [0.1, 0.15) is 0 Å². The maximum absolute atomic E-state index is 11.2. The Balaban J connectivity index is 2.50. The number of amides is 1. The van der Waals surface area contributed by atoms with Crippen molar-refractivity contribution in [3.05, 3.63) is 34.9 Å². The van der Waals surface area contributed by atoms with Crippen LogP contribution < -0.4 is 0 Å². The molecule has 4 nitrogen and oxygen atoms in total. The van der Waals surface area contributed by atoms with Gasteiger partial charge in [0.05, 0.1) is 12.1 Å². The lowest BCUT2D eigenvalue weighted by atomic mass is 9.83. The Bertz CT molecular complexity index is 454. The minimum atomic E-state index is -0.893. The molecule has 0 unspecified atom stereocenters. The normalized spacial score (nSPS) is 17.7. The van der Waals surface area contributed by atoms with Crippen molar-refractivity contribution in [2.45, 2.75) is 32.4 Å². The molecule has 0 bridgehead atoms. The predicted octanol–water partition coefficient (Wildman–Crippen LogP) is 1.95. The van der Waals surface area contributed by atoms with E-state index in [-0.39, 0.29) is 6.61 Å². The van der Waals surface area contributed by atoms with Crippen LogP contribution in [0.1, 0.15) is 30.5 Å². The lowest BCUT2D eigenvalue weighted by Crippen LogP contribution is -2.49. The van der Waals surface area contributed by atoms with Crippen molar-refractivity contribution in [3.8, 4) is 0 Å². The molecule has 0 saturated heterocycles. The van der Waals surface area contributed by atoms with Crippen molar-refractivity contribution in [1.29, 1.82) is 0 Å². The lowest BCUT2D eigenvalue weighted by Gasteiger charge is -2.42. The van der Waals surface area contributed by atoms with Gasteiger partial charge in [-0.2, -0.15) is 0 Å². The van der Waals surface area contributed by atoms with Gasteiger partial charge in [0.2, 0.25) is 0 Å². The van der Waals surface area contributed by atoms with Crippen LogP contribution in [0.3, 0.4) is 0 Å². The van der Waals surface area contributed by atoms with E-state index in [2.05, 4.69) is 0 Å². The van der Waals surface area contributed by atoms with Gasteiger partial charge in [0, 0.05) is 6.54 Å². The monoisotopic (exact) mass is 235 g/mol. The summed E-state index contributed by atoms with van der Waals surface area (Å²) >= 11 is 0. The van der Waals surface area contributed by atoms with Crippen molar-refractivity contribution in [2.75, 3.05) is 6.54 Å². The van der Waals surface area contributed by atoms with Gasteiger partial charge in [-0.15, -0.1) is 0 Å². The Morgan fingerprint density at radius 2 is 2.18 bits per heavy atom. The fraction of sp³-hybridized carbons (Fsp3) is 0.462. The number of aliphatic hydroxyl groups excluding tert-OH is 1. The summed E-state index contributed by atoms with van der Waals surface area (Å²) in [5.74, 6) is 0. The van der Waals surface area contributed by atoms with Crippen molar-refractivity contribution in [2.24, 2.45) is 0 Å². The average molecular weight is 235 g/mol. The minimum Gasteiger partial charge on any atom is -0.465 e. The first-order valence-electron chi connectivity index (χ1n) is 5.70. The van der Waals surface area contributed by atoms with Crippen molar-refractivity contribution in [3.63, 3.8) is 0 Å². The van der Waals surface area contributed by atoms with E-state index in [4.69, 9.17) is 5.11 Å². The first-order chi connectivity index (χ1) is 7.96. The van der Waals surface area contributed by atoms with Gasteiger partial charge in [0.25, 0.3) is 0 Å². The van der Waals surface area contributed by atoms with Crippen LogP contribution in [-0.2, 0) is 18.6 Å². The van der Waals surface area contributed by atoms with Gasteiger partial charge in [-0.25, -0.2) is 4.79 Å². The molecule has 0 aliphatic carbocycles. The molecule has 1 aliphatic heterocycles. The van der Waals surface area contributed by atoms with E-state index in [1.54, 1.807) is 0 Å². The number of carboxylic acid groups (broad SMARTS) is 1. The molecule has 92 valence electrons. The third-order valence-corrected chi connectivity index (χ3v) is 3.53. The van der Waals surface area contributed by atoms with Crippen LogP contribution in [0.15, 0.2) is 18.2 Å². The Morgan fingerprint density at radius 1 is 1.47 bits per heavy atom. The highest BCUT2D eigenvalue weighted by Gasteiger charge is 2.37. The molecule has 2 N–H and O–H groups in total. The highest BCUT2D eigenvalue weighted by Crippen LogP contribution is 2.35. The van der Waals surface area contributed by atoms with Gasteiger partial charge < -0.3 is 10.2 Å². The Morgan fingerprint density at radius 3 is 2.76 bits per heavy atom. The molecule has 1 heterocycles. The number of hydrogen-bond donors (Lipinski definition) is 2. The van der Waals surface area contributed by atoms with Gasteiger partial charge in [0.15, 0.2) is 0 Å². The van der Waals surface area contributed by atoms with Crippen LogP contribution in [0, 0.1) is 0 Å². The zero-order valence-electron chi connectivity index (χ0n) is 10.1. The van der Waals surface area contributed by atoms with E-state index in [9.17, 15) is 9.90 Å². The fourth-order valence-electron chi connectivity index (χ4n) is 2.50. The molecule has 4 heteroatoms. The van der Waals surface area contributed by atoms with Crippen LogP contribution in [0.5, 0.6) is 0 Å². The predicted molar refractivity (Wildman–Crippen MR) is 63.8 cm³/mol. The summed E-state index contributed by atoms with van der Waals surface area (Å²) < 4.78 is 0. The smallest absolute Gasteiger partial charge is 0.408 e. The topological polar surface area (TPSA) is 60.8 Å². The van der Waals surface area contributed by atoms with Crippen LogP contribution in [-0.4, -0.2) is 27.8 Å². The first kappa shape index (κ1) is 11.9. The van der Waals surface area contributed by atoms with Crippen LogP contribution in [0.25, 0.3) is 0 Å². The highest BCUT2D eigenvalue weighted by molar-refractivity contribution is 5.67. The zero-order valence-corrected chi connectivity index (χ0v) is 10.1. The quantitative estimate of drug-likeness (QED) is 0.782. The summed E-state index contributed by atoms with van der Waals surface area (Å²) in [4.78, 5) is 12.7. The third kappa shape index (κ3) is 1.89. The Labute approximate surface area is 100 Å². The van der Waals surface area contributed by atoms with Gasteiger partial charge in [-0.3, -0.25) is 4.90 Å². The molecule has 17 heavy (non-hydrogen) atoms. The molecule has 0 fully saturated rings. The molecule has 0 saturated carbocycles. The van der Waals surface area contributed by atoms with E-state index in [0.29, 0.717) is 6.54 Å². The molecule has 1 amide bonds. The third-order valence-electron chi connectivity index (χ3n) is 3.53. The summed E-state index contributed by atoms with van der Waals surface area (Å²) in [7, 11) is 0. The Hall–Kier alpha value is -1.55. The average Bonchev–Trinajstić information content (AvgIpc) is 2.28. The molecule has 1 aliphatic rings. The van der Waals surface area contributed by atoms with Gasteiger partial charge in [-0.1, -0.05) is 18.2 Å². The van der Waals surface area contributed by atoms with Crippen LogP contribution in [0.2, 0.25) is 0 Å². The molecular formula is C13H17NO3. The minimum absolute atomic E-state index is 0.0174.